The Kier molecular flexibility index (Phi) is 4.50. The quantitative estimate of drug-likeness (QED) is 0.549. The van der Waals surface area contributed by atoms with E-state index < -0.39 is 0 Å². The van der Waals surface area contributed by atoms with Crippen molar-refractivity contribution >= 4 is 0 Å². The highest BCUT2D eigenvalue weighted by Crippen LogP contribution is 2.71. The summed E-state index contributed by atoms with van der Waals surface area (Å²) >= 11 is 0. The van der Waals surface area contributed by atoms with Crippen LogP contribution >= 0.6 is 0 Å². The zero-order valence-corrected chi connectivity index (χ0v) is 16.9. The lowest BCUT2D eigenvalue weighted by Crippen LogP contribution is -2.54. The molecular formula is C24H34. The van der Waals surface area contributed by atoms with Crippen LogP contribution in [0.2, 0.25) is 0 Å². The predicted octanol–water partition coefficient (Wildman–Crippen LogP) is 6.44. The molecule has 0 heteroatoms. The Morgan fingerprint density at radius 1 is 0.625 bits per heavy atom. The van der Waals surface area contributed by atoms with Crippen LogP contribution in [0.15, 0.2) is 0 Å². The Labute approximate surface area is 152 Å². The van der Waals surface area contributed by atoms with Crippen molar-refractivity contribution < 1.29 is 0 Å². The fourth-order valence-electron chi connectivity index (χ4n) is 4.31. The molecule has 0 aromatic rings. The lowest BCUT2D eigenvalue weighted by Gasteiger charge is -2.62. The molecule has 3 aliphatic rings. The van der Waals surface area contributed by atoms with E-state index in [1.165, 1.54) is 36.5 Å². The zero-order chi connectivity index (χ0) is 18.0. The van der Waals surface area contributed by atoms with Gasteiger partial charge in [-0.1, -0.05) is 55.4 Å². The van der Waals surface area contributed by atoms with Gasteiger partial charge in [-0.15, -0.1) is 0 Å². The minimum atomic E-state index is 0.231. The molecule has 0 unspecified atom stereocenters. The fourth-order valence-corrected chi connectivity index (χ4v) is 4.31. The number of hydrogen-bond acceptors (Lipinski definition) is 0. The lowest BCUT2D eigenvalue weighted by atomic mass is 9.42. The second kappa shape index (κ2) is 5.75. The minimum Gasteiger partial charge on any atom is -0.0596 e. The Balaban J connectivity index is 1.71. The first-order valence-corrected chi connectivity index (χ1v) is 9.43. The Hall–Kier alpha value is 0. The van der Waals surface area contributed by atoms with Crippen LogP contribution < -0.4 is 0 Å². The molecule has 0 amide bonds. The summed E-state index contributed by atoms with van der Waals surface area (Å²) in [5.74, 6) is 5.98. The molecule has 3 fully saturated rings. The fraction of sp³-hybridized carbons (Fsp3) is 0.583. The van der Waals surface area contributed by atoms with Gasteiger partial charge in [0.25, 0.3) is 0 Å². The summed E-state index contributed by atoms with van der Waals surface area (Å²) < 4.78 is 0. The summed E-state index contributed by atoms with van der Waals surface area (Å²) in [7, 11) is 0. The molecule has 2 atom stereocenters. The lowest BCUT2D eigenvalue weighted by molar-refractivity contribution is -0.0101. The average Bonchev–Trinajstić information content (AvgIpc) is 3.11. The highest BCUT2D eigenvalue weighted by molar-refractivity contribution is 5.55. The summed E-state index contributed by atoms with van der Waals surface area (Å²) in [6.45, 7) is 18.8. The molecule has 0 saturated heterocycles. The largest absolute Gasteiger partial charge is 0.0596 e. The van der Waals surface area contributed by atoms with E-state index in [1.807, 2.05) is 0 Å². The molecule has 0 nitrogen and oxygen atoms in total. The van der Waals surface area contributed by atoms with E-state index in [9.17, 15) is 0 Å². The van der Waals surface area contributed by atoms with Crippen LogP contribution in [0.25, 0.3) is 0 Å². The monoisotopic (exact) mass is 322 g/mol. The van der Waals surface area contributed by atoms with E-state index in [-0.39, 0.29) is 21.7 Å². The van der Waals surface area contributed by atoms with Crippen molar-refractivity contribution in [2.75, 3.05) is 0 Å². The smallest absolute Gasteiger partial charge is 0.00991 e. The standard InChI is InChI=1S/C24H34/c1-21(2,3)17-9-11-19(15-17)23(7)13-14-24(23,8)20-12-10-18(16-20)22(4,5)6/h9-12,15-16H,13-14H2,1-8H3/t23-,24+. The highest BCUT2D eigenvalue weighted by Gasteiger charge is 2.62. The first-order valence-electron chi connectivity index (χ1n) is 9.43. The van der Waals surface area contributed by atoms with Crippen LogP contribution in [0.1, 0.15) is 68.2 Å². The molecule has 0 aromatic heterocycles. The van der Waals surface area contributed by atoms with Gasteiger partial charge in [-0.05, 0) is 96.7 Å². The van der Waals surface area contributed by atoms with Crippen LogP contribution in [0.4, 0.5) is 0 Å². The van der Waals surface area contributed by atoms with E-state index in [4.69, 9.17) is 0 Å². The molecule has 0 aromatic carbocycles. The number of rotatable bonds is 2. The molecule has 3 rings (SSSR count). The SMILES string of the molecule is CC(C)(C)[C]1[CH][CH][C]([C@]2(C)CC[C@]2(C)[C]2[CH][CH][C](C(C)(C)C)[CH]2)[CH]1. The van der Waals surface area contributed by atoms with Gasteiger partial charge in [0.05, 0.1) is 0 Å². The molecule has 10 radical (unpaired) electrons. The Bertz CT molecular complexity index is 417. The van der Waals surface area contributed by atoms with Crippen LogP contribution in [-0.4, -0.2) is 0 Å². The summed E-state index contributed by atoms with van der Waals surface area (Å²) in [4.78, 5) is 0. The van der Waals surface area contributed by atoms with Crippen molar-refractivity contribution in [1.29, 1.82) is 0 Å². The molecule has 130 valence electrons. The van der Waals surface area contributed by atoms with E-state index in [0.29, 0.717) is 0 Å². The maximum Gasteiger partial charge on any atom is -0.00991 e. The molecule has 0 bridgehead atoms. The maximum atomic E-state index is 2.47. The van der Waals surface area contributed by atoms with Crippen molar-refractivity contribution in [1.82, 2.24) is 0 Å². The van der Waals surface area contributed by atoms with Crippen molar-refractivity contribution in [3.8, 4) is 0 Å². The van der Waals surface area contributed by atoms with Gasteiger partial charge in [-0.2, -0.15) is 0 Å². The van der Waals surface area contributed by atoms with E-state index in [1.54, 1.807) is 0 Å². The molecule has 0 heterocycles. The van der Waals surface area contributed by atoms with Gasteiger partial charge >= 0.3 is 0 Å². The molecule has 0 aliphatic heterocycles. The normalized spacial score (nSPS) is 38.0. The summed E-state index contributed by atoms with van der Waals surface area (Å²) in [6, 6.07) is 0. The van der Waals surface area contributed by atoms with E-state index >= 15 is 0 Å². The minimum absolute atomic E-state index is 0.231. The maximum absolute atomic E-state index is 2.47. The molecule has 0 N–H and O–H groups in total. The summed E-state index contributed by atoms with van der Waals surface area (Å²) in [6.07, 6.45) is 16.9. The Morgan fingerprint density at radius 2 is 0.958 bits per heavy atom. The van der Waals surface area contributed by atoms with Gasteiger partial charge in [-0.3, -0.25) is 0 Å². The van der Waals surface area contributed by atoms with Crippen molar-refractivity contribution in [3.63, 3.8) is 0 Å². The number of hydrogen-bond donors (Lipinski definition) is 0. The molecule has 3 aliphatic carbocycles. The third-order valence-electron chi connectivity index (χ3n) is 6.86. The molecule has 0 spiro atoms. The first kappa shape index (κ1) is 18.8. The van der Waals surface area contributed by atoms with Crippen molar-refractivity contribution in [2.24, 2.45) is 21.7 Å². The highest BCUT2D eigenvalue weighted by atomic mass is 14.7. The van der Waals surface area contributed by atoms with Crippen LogP contribution in [-0.2, 0) is 0 Å². The average molecular weight is 323 g/mol. The van der Waals surface area contributed by atoms with Gasteiger partial charge in [-0.25, -0.2) is 0 Å². The van der Waals surface area contributed by atoms with Crippen molar-refractivity contribution in [2.45, 2.75) is 68.2 Å². The van der Waals surface area contributed by atoms with Gasteiger partial charge in [0.2, 0.25) is 0 Å². The summed E-state index contributed by atoms with van der Waals surface area (Å²) in [5, 5.41) is 0. The second-order valence-electron chi connectivity index (χ2n) is 10.4. The van der Waals surface area contributed by atoms with Gasteiger partial charge < -0.3 is 0 Å². The first-order chi connectivity index (χ1) is 10.9. The van der Waals surface area contributed by atoms with Crippen LogP contribution in [0.5, 0.6) is 0 Å². The predicted molar refractivity (Wildman–Crippen MR) is 103 cm³/mol. The molecular weight excluding hydrogens is 288 g/mol. The third kappa shape index (κ3) is 2.88. The van der Waals surface area contributed by atoms with Crippen LogP contribution in [0.3, 0.4) is 0 Å². The van der Waals surface area contributed by atoms with Gasteiger partial charge in [0.15, 0.2) is 0 Å². The zero-order valence-electron chi connectivity index (χ0n) is 16.9. The van der Waals surface area contributed by atoms with E-state index in [0.717, 1.165) is 0 Å². The van der Waals surface area contributed by atoms with Gasteiger partial charge in [0, 0.05) is 0 Å². The van der Waals surface area contributed by atoms with Crippen molar-refractivity contribution in [3.05, 3.63) is 62.2 Å². The molecule has 3 saturated carbocycles. The van der Waals surface area contributed by atoms with Gasteiger partial charge in [0.1, 0.15) is 0 Å². The van der Waals surface area contributed by atoms with E-state index in [2.05, 4.69) is 93.9 Å². The summed E-state index contributed by atoms with van der Waals surface area (Å²) in [5.41, 5.74) is 0.961. The second-order valence-corrected chi connectivity index (χ2v) is 10.4. The topological polar surface area (TPSA) is 0 Å². The molecule has 24 heavy (non-hydrogen) atoms. The Morgan fingerprint density at radius 3 is 1.17 bits per heavy atom. The van der Waals surface area contributed by atoms with Crippen LogP contribution in [0, 0.1) is 83.9 Å². The third-order valence-corrected chi connectivity index (χ3v) is 6.86.